The van der Waals surface area contributed by atoms with Crippen molar-refractivity contribution in [3.63, 3.8) is 0 Å². The van der Waals surface area contributed by atoms with Crippen LogP contribution in [-0.4, -0.2) is 42.5 Å². The molecule has 0 radical (unpaired) electrons. The fourth-order valence-corrected chi connectivity index (χ4v) is 2.64. The molecule has 2 fully saturated rings. The molecule has 0 bridgehead atoms. The molecule has 108 valence electrons. The molecule has 0 aromatic rings. The normalized spacial score (nSPS) is 30.8. The number of nitrogens with zero attached hydrogens (tertiary/aromatic N) is 1. The van der Waals surface area contributed by atoms with E-state index in [0.717, 1.165) is 45.3 Å². The van der Waals surface area contributed by atoms with Gasteiger partial charge in [-0.05, 0) is 38.5 Å². The highest BCUT2D eigenvalue weighted by Crippen LogP contribution is 2.22. The van der Waals surface area contributed by atoms with Crippen molar-refractivity contribution < 1.29 is 4.79 Å². The summed E-state index contributed by atoms with van der Waals surface area (Å²) in [4.78, 5) is 13.9. The van der Waals surface area contributed by atoms with E-state index in [1.54, 1.807) is 0 Å². The summed E-state index contributed by atoms with van der Waals surface area (Å²) in [5, 5.41) is 3.27. The van der Waals surface area contributed by atoms with Crippen LogP contribution in [0.5, 0.6) is 0 Å². The second-order valence-corrected chi connectivity index (χ2v) is 5.43. The molecule has 0 aromatic carbocycles. The van der Waals surface area contributed by atoms with Crippen molar-refractivity contribution in [1.82, 2.24) is 10.2 Å². The summed E-state index contributed by atoms with van der Waals surface area (Å²) in [6, 6.07) is 0.590. The molecule has 2 rings (SSSR count). The molecule has 1 atom stereocenters. The summed E-state index contributed by atoms with van der Waals surface area (Å²) >= 11 is 0. The molecule has 0 aromatic heterocycles. The van der Waals surface area contributed by atoms with Crippen molar-refractivity contribution >= 4 is 18.3 Å². The van der Waals surface area contributed by atoms with Crippen molar-refractivity contribution in [1.29, 1.82) is 0 Å². The molecule has 5 heteroatoms. The van der Waals surface area contributed by atoms with Gasteiger partial charge in [0.2, 0.25) is 0 Å². The van der Waals surface area contributed by atoms with Crippen molar-refractivity contribution in [2.75, 3.05) is 19.6 Å². The fraction of sp³-hybridized carbons (Fsp3) is 0.786. The summed E-state index contributed by atoms with van der Waals surface area (Å²) in [6.07, 6.45) is 4.16. The van der Waals surface area contributed by atoms with Crippen LogP contribution in [0.15, 0.2) is 0 Å². The van der Waals surface area contributed by atoms with Gasteiger partial charge in [0.1, 0.15) is 0 Å². The molecule has 4 nitrogen and oxygen atoms in total. The molecule has 1 saturated carbocycles. The summed E-state index contributed by atoms with van der Waals surface area (Å²) in [5.41, 5.74) is 5.86. The standard InChI is InChI=1S/C14H23N3O.ClH/c1-11-10-16-8-9-17(11)14(18)7-4-12-2-5-13(15)6-3-12;/h11-13,16H,2-3,5-6,8-10,15H2,1H3;1H. The molecule has 19 heavy (non-hydrogen) atoms. The van der Waals surface area contributed by atoms with Crippen LogP contribution in [0.1, 0.15) is 32.6 Å². The van der Waals surface area contributed by atoms with Crippen LogP contribution in [-0.2, 0) is 4.79 Å². The first-order valence-corrected chi connectivity index (χ1v) is 6.95. The molecule has 1 unspecified atom stereocenters. The predicted molar refractivity (Wildman–Crippen MR) is 79.0 cm³/mol. The van der Waals surface area contributed by atoms with Crippen LogP contribution in [0.3, 0.4) is 0 Å². The van der Waals surface area contributed by atoms with E-state index in [1.165, 1.54) is 0 Å². The Bertz CT molecular complexity index is 355. The van der Waals surface area contributed by atoms with Crippen molar-refractivity contribution in [3.05, 3.63) is 0 Å². The van der Waals surface area contributed by atoms with Crippen molar-refractivity contribution in [2.45, 2.75) is 44.7 Å². The minimum absolute atomic E-state index is 0. The van der Waals surface area contributed by atoms with Gasteiger partial charge < -0.3 is 16.0 Å². The lowest BCUT2D eigenvalue weighted by molar-refractivity contribution is -0.127. The zero-order valence-corrected chi connectivity index (χ0v) is 12.3. The van der Waals surface area contributed by atoms with E-state index < -0.39 is 0 Å². The van der Waals surface area contributed by atoms with E-state index >= 15 is 0 Å². The number of nitrogens with one attached hydrogen (secondary N) is 1. The highest BCUT2D eigenvalue weighted by Gasteiger charge is 2.22. The van der Waals surface area contributed by atoms with Crippen LogP contribution in [0, 0.1) is 17.8 Å². The predicted octanol–water partition coefficient (Wildman–Crippen LogP) is 0.749. The Balaban J connectivity index is 0.00000180. The zero-order chi connectivity index (χ0) is 13.0. The average Bonchev–Trinajstić information content (AvgIpc) is 2.38. The summed E-state index contributed by atoms with van der Waals surface area (Å²) in [7, 11) is 0. The maximum Gasteiger partial charge on any atom is 0.298 e. The zero-order valence-electron chi connectivity index (χ0n) is 11.5. The highest BCUT2D eigenvalue weighted by atomic mass is 35.5. The minimum atomic E-state index is -0.0149. The fourth-order valence-electron chi connectivity index (χ4n) is 2.64. The first kappa shape index (κ1) is 16.3. The second kappa shape index (κ2) is 7.74. The van der Waals surface area contributed by atoms with E-state index in [1.807, 2.05) is 4.90 Å². The van der Waals surface area contributed by atoms with Gasteiger partial charge in [-0.3, -0.25) is 4.79 Å². The van der Waals surface area contributed by atoms with E-state index in [-0.39, 0.29) is 24.4 Å². The maximum atomic E-state index is 12.0. The summed E-state index contributed by atoms with van der Waals surface area (Å²) in [6.45, 7) is 4.57. The molecule has 1 aliphatic heterocycles. The van der Waals surface area contributed by atoms with Crippen LogP contribution in [0.4, 0.5) is 0 Å². The van der Waals surface area contributed by atoms with Gasteiger partial charge in [0.15, 0.2) is 0 Å². The largest absolute Gasteiger partial charge is 0.328 e. The molecule has 1 amide bonds. The number of carbonyl (C=O) groups is 1. The molecule has 1 aliphatic carbocycles. The topological polar surface area (TPSA) is 58.4 Å². The lowest BCUT2D eigenvalue weighted by atomic mass is 9.87. The molecule has 0 spiro atoms. The van der Waals surface area contributed by atoms with E-state index in [9.17, 15) is 4.79 Å². The minimum Gasteiger partial charge on any atom is -0.328 e. The third-order valence-electron chi connectivity index (χ3n) is 3.92. The Kier molecular flexibility index (Phi) is 6.64. The number of piperazine rings is 1. The lowest BCUT2D eigenvalue weighted by Crippen LogP contribution is -2.51. The third kappa shape index (κ3) is 4.68. The average molecular weight is 286 g/mol. The number of halogens is 1. The Labute approximate surface area is 121 Å². The van der Waals surface area contributed by atoms with Crippen LogP contribution in [0.2, 0.25) is 0 Å². The quantitative estimate of drug-likeness (QED) is 0.646. The Hall–Kier alpha value is -0.760. The lowest BCUT2D eigenvalue weighted by Gasteiger charge is -2.32. The molecule has 1 heterocycles. The van der Waals surface area contributed by atoms with Gasteiger partial charge in [0.05, 0.1) is 0 Å². The van der Waals surface area contributed by atoms with Crippen LogP contribution >= 0.6 is 12.4 Å². The Morgan fingerprint density at radius 2 is 2.00 bits per heavy atom. The van der Waals surface area contributed by atoms with Crippen LogP contribution in [0.25, 0.3) is 0 Å². The number of rotatable bonds is 0. The summed E-state index contributed by atoms with van der Waals surface area (Å²) in [5.74, 6) is 6.33. The van der Waals surface area contributed by atoms with Gasteiger partial charge in [-0.25, -0.2) is 0 Å². The molecule has 1 saturated heterocycles. The Morgan fingerprint density at radius 3 is 2.63 bits per heavy atom. The summed E-state index contributed by atoms with van der Waals surface area (Å²) < 4.78 is 0. The second-order valence-electron chi connectivity index (χ2n) is 5.43. The van der Waals surface area contributed by atoms with Gasteiger partial charge in [-0.1, -0.05) is 5.92 Å². The first-order valence-electron chi connectivity index (χ1n) is 6.95. The van der Waals surface area contributed by atoms with E-state index in [4.69, 9.17) is 5.73 Å². The van der Waals surface area contributed by atoms with Gasteiger partial charge in [-0.2, -0.15) is 0 Å². The third-order valence-corrected chi connectivity index (χ3v) is 3.92. The maximum absolute atomic E-state index is 12.0. The van der Waals surface area contributed by atoms with Crippen molar-refractivity contribution in [2.24, 2.45) is 11.7 Å². The van der Waals surface area contributed by atoms with Gasteiger partial charge >= 0.3 is 0 Å². The SMILES string of the molecule is CC1CNCCN1C(=O)C#CC1CCC(N)CC1.Cl. The number of carbonyl (C=O) groups excluding carboxylic acids is 1. The number of amides is 1. The van der Waals surface area contributed by atoms with E-state index in [2.05, 4.69) is 24.1 Å². The number of hydrogen-bond donors (Lipinski definition) is 2. The number of nitrogens with two attached hydrogens (primary N) is 1. The van der Waals surface area contributed by atoms with Gasteiger partial charge in [0.25, 0.3) is 5.91 Å². The van der Waals surface area contributed by atoms with Crippen molar-refractivity contribution in [3.8, 4) is 11.8 Å². The van der Waals surface area contributed by atoms with E-state index in [0.29, 0.717) is 12.0 Å². The first-order chi connectivity index (χ1) is 8.66. The Morgan fingerprint density at radius 1 is 1.32 bits per heavy atom. The monoisotopic (exact) mass is 285 g/mol. The number of hydrogen-bond acceptors (Lipinski definition) is 3. The smallest absolute Gasteiger partial charge is 0.298 e. The molecular formula is C14H24ClN3O. The molecule has 2 aliphatic rings. The molecular weight excluding hydrogens is 262 g/mol. The highest BCUT2D eigenvalue weighted by molar-refractivity contribution is 5.93. The van der Waals surface area contributed by atoms with Gasteiger partial charge in [-0.15, -0.1) is 12.4 Å². The molecule has 3 N–H and O–H groups in total. The van der Waals surface area contributed by atoms with Gasteiger partial charge in [0, 0.05) is 37.6 Å². The van der Waals surface area contributed by atoms with Crippen LogP contribution < -0.4 is 11.1 Å².